The highest BCUT2D eigenvalue weighted by Crippen LogP contribution is 2.39. The van der Waals surface area contributed by atoms with Crippen molar-refractivity contribution in [2.45, 2.75) is 52.0 Å². The normalized spacial score (nSPS) is 20.2. The molecule has 8 heteroatoms. The lowest BCUT2D eigenvalue weighted by atomic mass is 9.81. The van der Waals surface area contributed by atoms with Gasteiger partial charge in [0.1, 0.15) is 16.5 Å². The number of anilines is 1. The summed E-state index contributed by atoms with van der Waals surface area (Å²) in [6, 6.07) is 5.95. The average Bonchev–Trinajstić information content (AvgIpc) is 3.35. The monoisotopic (exact) mass is 439 g/mol. The van der Waals surface area contributed by atoms with Gasteiger partial charge in [-0.15, -0.1) is 11.3 Å². The summed E-state index contributed by atoms with van der Waals surface area (Å²) in [5, 5.41) is 13.9. The molecule has 0 amide bonds. The van der Waals surface area contributed by atoms with Crippen molar-refractivity contribution in [1.82, 2.24) is 9.97 Å². The van der Waals surface area contributed by atoms with Crippen molar-refractivity contribution in [3.63, 3.8) is 0 Å². The van der Waals surface area contributed by atoms with Gasteiger partial charge in [0, 0.05) is 17.3 Å². The third-order valence-corrected chi connectivity index (χ3v) is 7.49. The second-order valence-electron chi connectivity index (χ2n) is 8.32. The van der Waals surface area contributed by atoms with Gasteiger partial charge in [-0.05, 0) is 62.8 Å². The summed E-state index contributed by atoms with van der Waals surface area (Å²) in [5.41, 5.74) is 2.29. The molecular formula is C23H25N3O4S. The Balaban J connectivity index is 1.43. The van der Waals surface area contributed by atoms with E-state index in [9.17, 15) is 9.90 Å². The van der Waals surface area contributed by atoms with Crippen LogP contribution in [0.5, 0.6) is 11.5 Å². The third-order valence-electron chi connectivity index (χ3n) is 6.38. The number of nitrogens with one attached hydrogen (secondary N) is 1. The summed E-state index contributed by atoms with van der Waals surface area (Å²) >= 11 is 1.69. The Bertz CT molecular complexity index is 1150. The number of aryl methyl sites for hydroxylation is 2. The van der Waals surface area contributed by atoms with E-state index in [4.69, 9.17) is 19.4 Å². The zero-order valence-corrected chi connectivity index (χ0v) is 18.4. The van der Waals surface area contributed by atoms with Gasteiger partial charge in [-0.3, -0.25) is 4.79 Å². The Labute approximate surface area is 184 Å². The molecule has 0 unspecified atom stereocenters. The van der Waals surface area contributed by atoms with E-state index >= 15 is 0 Å². The van der Waals surface area contributed by atoms with Gasteiger partial charge in [0.15, 0.2) is 11.5 Å². The van der Waals surface area contributed by atoms with Crippen LogP contribution < -0.4 is 14.8 Å². The van der Waals surface area contributed by atoms with Crippen molar-refractivity contribution < 1.29 is 19.4 Å². The SMILES string of the molecule is Cc1sc2nc(C3CCC(C(=O)O)CC3)nc(NCc3ccc4c(c3)OCO4)c2c1C. The van der Waals surface area contributed by atoms with Crippen LogP contribution in [0.4, 0.5) is 5.82 Å². The van der Waals surface area contributed by atoms with E-state index in [1.165, 1.54) is 10.4 Å². The van der Waals surface area contributed by atoms with Crippen LogP contribution in [0.15, 0.2) is 18.2 Å². The lowest BCUT2D eigenvalue weighted by Gasteiger charge is -2.25. The van der Waals surface area contributed by atoms with Gasteiger partial charge in [-0.2, -0.15) is 0 Å². The highest BCUT2D eigenvalue weighted by molar-refractivity contribution is 7.18. The molecule has 3 aromatic rings. The zero-order chi connectivity index (χ0) is 21.5. The lowest BCUT2D eigenvalue weighted by molar-refractivity contribution is -0.142. The Hall–Kier alpha value is -2.87. The highest BCUT2D eigenvalue weighted by atomic mass is 32.1. The molecule has 0 bridgehead atoms. The fraction of sp³-hybridized carbons (Fsp3) is 0.435. The van der Waals surface area contributed by atoms with E-state index in [1.54, 1.807) is 11.3 Å². The topological polar surface area (TPSA) is 93.6 Å². The van der Waals surface area contributed by atoms with Gasteiger partial charge in [0.25, 0.3) is 0 Å². The van der Waals surface area contributed by atoms with E-state index in [0.717, 1.165) is 51.8 Å². The molecule has 0 saturated heterocycles. The number of hydrogen-bond donors (Lipinski definition) is 2. The number of carbonyl (C=O) groups is 1. The largest absolute Gasteiger partial charge is 0.481 e. The van der Waals surface area contributed by atoms with Crippen LogP contribution >= 0.6 is 11.3 Å². The summed E-state index contributed by atoms with van der Waals surface area (Å²) in [7, 11) is 0. The van der Waals surface area contributed by atoms with Crippen molar-refractivity contribution in [3.8, 4) is 11.5 Å². The maximum absolute atomic E-state index is 11.3. The van der Waals surface area contributed by atoms with Gasteiger partial charge < -0.3 is 19.9 Å². The van der Waals surface area contributed by atoms with E-state index in [2.05, 4.69) is 19.2 Å². The first-order valence-electron chi connectivity index (χ1n) is 10.6. The number of hydrogen-bond acceptors (Lipinski definition) is 7. The molecule has 7 nitrogen and oxygen atoms in total. The zero-order valence-electron chi connectivity index (χ0n) is 17.6. The summed E-state index contributed by atoms with van der Waals surface area (Å²) in [6.07, 6.45) is 2.99. The molecule has 1 saturated carbocycles. The third kappa shape index (κ3) is 3.80. The molecule has 5 rings (SSSR count). The number of thiophene rings is 1. The Morgan fingerprint density at radius 1 is 1.16 bits per heavy atom. The number of nitrogens with zero attached hydrogens (tertiary/aromatic N) is 2. The molecule has 1 aromatic carbocycles. The van der Waals surface area contributed by atoms with Crippen molar-refractivity contribution >= 4 is 33.3 Å². The molecular weight excluding hydrogens is 414 g/mol. The number of ether oxygens (including phenoxy) is 2. The van der Waals surface area contributed by atoms with Crippen LogP contribution in [0.1, 0.15) is 53.4 Å². The second kappa shape index (κ2) is 8.00. The first kappa shape index (κ1) is 20.1. The summed E-state index contributed by atoms with van der Waals surface area (Å²) < 4.78 is 10.9. The van der Waals surface area contributed by atoms with Crippen molar-refractivity contribution in [3.05, 3.63) is 40.0 Å². The molecule has 31 heavy (non-hydrogen) atoms. The number of aliphatic carboxylic acids is 1. The minimum absolute atomic E-state index is 0.203. The number of carboxylic acids is 1. The number of rotatable bonds is 5. The summed E-state index contributed by atoms with van der Waals surface area (Å²) in [4.78, 5) is 23.4. The standard InChI is InChI=1S/C23H25N3O4S/c1-12-13(2)31-22-19(12)21(24-10-14-3-8-17-18(9-14)30-11-29-17)25-20(26-22)15-4-6-16(7-5-15)23(27)28/h3,8-9,15-16H,4-7,10-11H2,1-2H3,(H,27,28)(H,24,25,26). The van der Waals surface area contributed by atoms with Crippen molar-refractivity contribution in [2.75, 3.05) is 12.1 Å². The van der Waals surface area contributed by atoms with Crippen LogP contribution in [0.3, 0.4) is 0 Å². The molecule has 1 fully saturated rings. The number of fused-ring (bicyclic) bond motifs is 2. The number of benzene rings is 1. The molecule has 2 aromatic heterocycles. The highest BCUT2D eigenvalue weighted by Gasteiger charge is 2.29. The van der Waals surface area contributed by atoms with Gasteiger partial charge in [-0.1, -0.05) is 6.07 Å². The molecule has 2 aliphatic rings. The van der Waals surface area contributed by atoms with Crippen LogP contribution in [0, 0.1) is 19.8 Å². The maximum atomic E-state index is 11.3. The molecule has 0 spiro atoms. The maximum Gasteiger partial charge on any atom is 0.306 e. The van der Waals surface area contributed by atoms with Gasteiger partial charge in [-0.25, -0.2) is 9.97 Å². The van der Waals surface area contributed by atoms with E-state index in [1.807, 2.05) is 18.2 Å². The first-order valence-corrected chi connectivity index (χ1v) is 11.4. The van der Waals surface area contributed by atoms with Crippen LogP contribution in [0.25, 0.3) is 10.2 Å². The average molecular weight is 440 g/mol. The van der Waals surface area contributed by atoms with Crippen LogP contribution in [-0.4, -0.2) is 27.8 Å². The van der Waals surface area contributed by atoms with E-state index < -0.39 is 5.97 Å². The minimum atomic E-state index is -0.689. The van der Waals surface area contributed by atoms with Gasteiger partial charge in [0.05, 0.1) is 11.3 Å². The lowest BCUT2D eigenvalue weighted by Crippen LogP contribution is -2.21. The molecule has 1 aliphatic carbocycles. The molecule has 3 heterocycles. The predicted octanol–water partition coefficient (Wildman–Crippen LogP) is 5.01. The van der Waals surface area contributed by atoms with E-state index in [0.29, 0.717) is 19.4 Å². The van der Waals surface area contributed by atoms with Crippen molar-refractivity contribution in [2.24, 2.45) is 5.92 Å². The van der Waals surface area contributed by atoms with E-state index in [-0.39, 0.29) is 18.6 Å². The predicted molar refractivity (Wildman–Crippen MR) is 119 cm³/mol. The Morgan fingerprint density at radius 2 is 1.94 bits per heavy atom. The Kier molecular flexibility index (Phi) is 5.17. The van der Waals surface area contributed by atoms with Gasteiger partial charge >= 0.3 is 5.97 Å². The Morgan fingerprint density at radius 3 is 2.71 bits per heavy atom. The van der Waals surface area contributed by atoms with Crippen LogP contribution in [0.2, 0.25) is 0 Å². The van der Waals surface area contributed by atoms with Crippen molar-refractivity contribution in [1.29, 1.82) is 0 Å². The van der Waals surface area contributed by atoms with Crippen LogP contribution in [-0.2, 0) is 11.3 Å². The molecule has 1 aliphatic heterocycles. The number of aromatic nitrogens is 2. The smallest absolute Gasteiger partial charge is 0.306 e. The molecule has 0 radical (unpaired) electrons. The van der Waals surface area contributed by atoms with Gasteiger partial charge in [0.2, 0.25) is 6.79 Å². The summed E-state index contributed by atoms with van der Waals surface area (Å²) in [5.74, 6) is 2.49. The minimum Gasteiger partial charge on any atom is -0.481 e. The fourth-order valence-electron chi connectivity index (χ4n) is 4.41. The second-order valence-corrected chi connectivity index (χ2v) is 9.52. The summed E-state index contributed by atoms with van der Waals surface area (Å²) in [6.45, 7) is 5.10. The number of carboxylic acid groups (broad SMARTS) is 1. The fourth-order valence-corrected chi connectivity index (χ4v) is 5.45. The molecule has 2 N–H and O–H groups in total. The quantitative estimate of drug-likeness (QED) is 0.577. The molecule has 0 atom stereocenters. The first-order chi connectivity index (χ1) is 15.0. The molecule has 162 valence electrons.